The third-order valence-corrected chi connectivity index (χ3v) is 3.29. The lowest BCUT2D eigenvalue weighted by molar-refractivity contribution is -0.130. The van der Waals surface area contributed by atoms with Crippen molar-refractivity contribution in [3.63, 3.8) is 0 Å². The average molecular weight is 300 g/mol. The molecule has 116 valence electrons. The van der Waals surface area contributed by atoms with Crippen molar-refractivity contribution >= 4 is 11.8 Å². The largest absolute Gasteiger partial charge is 0.459 e. The molecule has 2 rings (SSSR count). The zero-order chi connectivity index (χ0) is 15.8. The lowest BCUT2D eigenvalue weighted by Crippen LogP contribution is -2.28. The molecule has 2 amide bonds. The number of nitrogens with zero attached hydrogens (tertiary/aromatic N) is 1. The number of benzene rings is 1. The highest BCUT2D eigenvalue weighted by Crippen LogP contribution is 2.05. The Kier molecular flexibility index (Phi) is 5.77. The van der Waals surface area contributed by atoms with Crippen LogP contribution in [0, 0.1) is 0 Å². The van der Waals surface area contributed by atoms with Crippen molar-refractivity contribution in [1.82, 2.24) is 10.2 Å². The fourth-order valence-electron chi connectivity index (χ4n) is 2.07. The third kappa shape index (κ3) is 4.77. The molecule has 5 nitrogen and oxygen atoms in total. The maximum absolute atomic E-state index is 12.0. The van der Waals surface area contributed by atoms with Crippen LogP contribution in [0.4, 0.5) is 0 Å². The summed E-state index contributed by atoms with van der Waals surface area (Å²) in [5, 5.41) is 2.73. The molecule has 1 aromatic heterocycles. The molecule has 0 radical (unpaired) electrons. The van der Waals surface area contributed by atoms with E-state index in [0.29, 0.717) is 25.9 Å². The second-order valence-electron chi connectivity index (χ2n) is 5.07. The molecular weight excluding hydrogens is 280 g/mol. The van der Waals surface area contributed by atoms with Crippen molar-refractivity contribution in [1.29, 1.82) is 0 Å². The number of hydrogen-bond acceptors (Lipinski definition) is 3. The van der Waals surface area contributed by atoms with Gasteiger partial charge in [0.15, 0.2) is 5.76 Å². The smallest absolute Gasteiger partial charge is 0.286 e. The topological polar surface area (TPSA) is 62.6 Å². The van der Waals surface area contributed by atoms with Gasteiger partial charge in [0.05, 0.1) is 6.26 Å². The molecule has 0 atom stereocenters. The summed E-state index contributed by atoms with van der Waals surface area (Å²) >= 11 is 0. The van der Waals surface area contributed by atoms with E-state index in [1.165, 1.54) is 6.26 Å². The van der Waals surface area contributed by atoms with Crippen molar-refractivity contribution in [2.24, 2.45) is 0 Å². The molecule has 0 fully saturated rings. The van der Waals surface area contributed by atoms with Crippen LogP contribution in [0.2, 0.25) is 0 Å². The molecule has 0 aliphatic carbocycles. The van der Waals surface area contributed by atoms with Crippen LogP contribution in [0.3, 0.4) is 0 Å². The molecule has 22 heavy (non-hydrogen) atoms. The maximum atomic E-state index is 12.0. The number of rotatable bonds is 7. The van der Waals surface area contributed by atoms with Gasteiger partial charge in [-0.15, -0.1) is 0 Å². The Morgan fingerprint density at radius 1 is 1.14 bits per heavy atom. The van der Waals surface area contributed by atoms with Crippen molar-refractivity contribution in [3.8, 4) is 0 Å². The maximum Gasteiger partial charge on any atom is 0.286 e. The van der Waals surface area contributed by atoms with Gasteiger partial charge in [-0.25, -0.2) is 0 Å². The normalized spacial score (nSPS) is 10.2. The summed E-state index contributed by atoms with van der Waals surface area (Å²) in [6, 6.07) is 13.1. The minimum atomic E-state index is -0.255. The van der Waals surface area contributed by atoms with Crippen LogP contribution in [0.1, 0.15) is 29.0 Å². The summed E-state index contributed by atoms with van der Waals surface area (Å²) < 4.78 is 4.99. The van der Waals surface area contributed by atoms with Gasteiger partial charge in [0.2, 0.25) is 5.91 Å². The fraction of sp³-hybridized carbons (Fsp3) is 0.294. The number of carbonyl (C=O) groups excluding carboxylic acids is 2. The SMILES string of the molecule is CN(Cc1ccccc1)C(=O)CCCNC(=O)c1ccco1. The van der Waals surface area contributed by atoms with Crippen molar-refractivity contribution in [3.05, 3.63) is 60.1 Å². The first-order chi connectivity index (χ1) is 10.7. The monoisotopic (exact) mass is 300 g/mol. The molecule has 5 heteroatoms. The van der Waals surface area contributed by atoms with Gasteiger partial charge >= 0.3 is 0 Å². The molecule has 0 aliphatic heterocycles. The summed E-state index contributed by atoms with van der Waals surface area (Å²) in [5.41, 5.74) is 1.10. The second-order valence-corrected chi connectivity index (χ2v) is 5.07. The Bertz CT molecular complexity index is 594. The van der Waals surface area contributed by atoms with Gasteiger partial charge in [0.1, 0.15) is 0 Å². The Balaban J connectivity index is 1.66. The molecule has 0 bridgehead atoms. The van der Waals surface area contributed by atoms with E-state index in [9.17, 15) is 9.59 Å². The molecule has 0 saturated carbocycles. The first-order valence-electron chi connectivity index (χ1n) is 7.26. The van der Waals surface area contributed by atoms with Crippen molar-refractivity contribution < 1.29 is 14.0 Å². The molecule has 1 N–H and O–H groups in total. The van der Waals surface area contributed by atoms with Crippen LogP contribution in [-0.2, 0) is 11.3 Å². The van der Waals surface area contributed by atoms with E-state index in [0.717, 1.165) is 5.56 Å². The van der Waals surface area contributed by atoms with Gasteiger partial charge in [0, 0.05) is 26.6 Å². The minimum Gasteiger partial charge on any atom is -0.459 e. The molecule has 0 unspecified atom stereocenters. The summed E-state index contributed by atoms with van der Waals surface area (Å²) in [5.74, 6) is 0.0960. The summed E-state index contributed by atoms with van der Waals surface area (Å²) in [7, 11) is 1.79. The first-order valence-corrected chi connectivity index (χ1v) is 7.26. The lowest BCUT2D eigenvalue weighted by atomic mass is 10.2. The van der Waals surface area contributed by atoms with E-state index in [1.807, 2.05) is 30.3 Å². The molecule has 1 heterocycles. The predicted molar refractivity (Wildman–Crippen MR) is 83.2 cm³/mol. The van der Waals surface area contributed by atoms with Gasteiger partial charge in [0.25, 0.3) is 5.91 Å². The van der Waals surface area contributed by atoms with Gasteiger partial charge in [-0.2, -0.15) is 0 Å². The van der Waals surface area contributed by atoms with E-state index in [2.05, 4.69) is 5.32 Å². The highest BCUT2D eigenvalue weighted by molar-refractivity contribution is 5.91. The van der Waals surface area contributed by atoms with E-state index in [-0.39, 0.29) is 17.6 Å². The van der Waals surface area contributed by atoms with E-state index in [4.69, 9.17) is 4.42 Å². The number of carbonyl (C=O) groups is 2. The van der Waals surface area contributed by atoms with E-state index < -0.39 is 0 Å². The second kappa shape index (κ2) is 8.02. The summed E-state index contributed by atoms with van der Waals surface area (Å²) in [6.07, 6.45) is 2.46. The quantitative estimate of drug-likeness (QED) is 0.799. The molecule has 0 spiro atoms. The zero-order valence-corrected chi connectivity index (χ0v) is 12.6. The van der Waals surface area contributed by atoms with Gasteiger partial charge in [-0.3, -0.25) is 9.59 Å². The molecule has 2 aromatic rings. The van der Waals surface area contributed by atoms with Crippen LogP contribution in [-0.4, -0.2) is 30.3 Å². The van der Waals surface area contributed by atoms with Gasteiger partial charge < -0.3 is 14.6 Å². The van der Waals surface area contributed by atoms with Crippen molar-refractivity contribution in [2.45, 2.75) is 19.4 Å². The average Bonchev–Trinajstić information content (AvgIpc) is 3.06. The van der Waals surface area contributed by atoms with Crippen LogP contribution in [0.25, 0.3) is 0 Å². The molecule has 1 aromatic carbocycles. The third-order valence-electron chi connectivity index (χ3n) is 3.29. The number of hydrogen-bond donors (Lipinski definition) is 1. The van der Waals surface area contributed by atoms with Gasteiger partial charge in [-0.1, -0.05) is 30.3 Å². The standard InChI is InChI=1S/C17H20N2O3/c1-19(13-14-7-3-2-4-8-14)16(20)10-5-11-18-17(21)15-9-6-12-22-15/h2-4,6-9,12H,5,10-11,13H2,1H3,(H,18,21). The van der Waals surface area contributed by atoms with Crippen LogP contribution >= 0.6 is 0 Å². The first kappa shape index (κ1) is 15.8. The van der Waals surface area contributed by atoms with Gasteiger partial charge in [-0.05, 0) is 24.1 Å². The predicted octanol–water partition coefficient (Wildman–Crippen LogP) is 2.45. The fourth-order valence-corrected chi connectivity index (χ4v) is 2.07. The molecule has 0 aliphatic rings. The molecular formula is C17H20N2O3. The Morgan fingerprint density at radius 3 is 2.59 bits per heavy atom. The van der Waals surface area contributed by atoms with E-state index >= 15 is 0 Å². The number of furan rings is 1. The number of nitrogens with one attached hydrogen (secondary N) is 1. The molecule has 0 saturated heterocycles. The highest BCUT2D eigenvalue weighted by Gasteiger charge is 2.10. The van der Waals surface area contributed by atoms with Crippen LogP contribution < -0.4 is 5.32 Å². The summed E-state index contributed by atoms with van der Waals surface area (Å²) in [6.45, 7) is 1.04. The Morgan fingerprint density at radius 2 is 1.91 bits per heavy atom. The Hall–Kier alpha value is -2.56. The highest BCUT2D eigenvalue weighted by atomic mass is 16.3. The lowest BCUT2D eigenvalue weighted by Gasteiger charge is -2.17. The van der Waals surface area contributed by atoms with Crippen LogP contribution in [0.15, 0.2) is 53.1 Å². The Labute approximate surface area is 129 Å². The van der Waals surface area contributed by atoms with E-state index in [1.54, 1.807) is 24.1 Å². The van der Waals surface area contributed by atoms with Crippen molar-refractivity contribution in [2.75, 3.05) is 13.6 Å². The van der Waals surface area contributed by atoms with Crippen LogP contribution in [0.5, 0.6) is 0 Å². The summed E-state index contributed by atoms with van der Waals surface area (Å²) in [4.78, 5) is 25.3. The zero-order valence-electron chi connectivity index (χ0n) is 12.6. The minimum absolute atomic E-state index is 0.0658. The number of amides is 2.